The number of fused-ring (bicyclic) bond motifs is 1. The maximum absolute atomic E-state index is 11.1. The Morgan fingerprint density at radius 1 is 1.17 bits per heavy atom. The van der Waals surface area contributed by atoms with Crippen molar-refractivity contribution in [1.82, 2.24) is 0 Å². The van der Waals surface area contributed by atoms with Crippen LogP contribution >= 0.6 is 0 Å². The third-order valence-electron chi connectivity index (χ3n) is 8.20. The number of aryl methyl sites for hydroxylation is 2. The van der Waals surface area contributed by atoms with Gasteiger partial charge in [0.05, 0.1) is 12.2 Å². The first kappa shape index (κ1) is 23.3. The minimum Gasteiger partial charge on any atom is -0.508 e. The topological polar surface area (TPSA) is 60.7 Å². The van der Waals surface area contributed by atoms with Gasteiger partial charge in [0.2, 0.25) is 0 Å². The quantitative estimate of drug-likeness (QED) is 0.506. The molecule has 0 aliphatic heterocycles. The zero-order chi connectivity index (χ0) is 22.1. The molecule has 0 bridgehead atoms. The highest BCUT2D eigenvalue weighted by molar-refractivity contribution is 5.34. The fraction of sp³-hybridized carbons (Fsp3) is 0.704. The van der Waals surface area contributed by atoms with E-state index in [0.29, 0.717) is 23.5 Å². The molecular formula is C27H42O3. The highest BCUT2D eigenvalue weighted by Crippen LogP contribution is 2.60. The van der Waals surface area contributed by atoms with Crippen LogP contribution in [0.2, 0.25) is 0 Å². The smallest absolute Gasteiger partial charge is 0.115 e. The molecule has 2 fully saturated rings. The van der Waals surface area contributed by atoms with Crippen molar-refractivity contribution in [2.75, 3.05) is 0 Å². The summed E-state index contributed by atoms with van der Waals surface area (Å²) in [7, 11) is 0. The van der Waals surface area contributed by atoms with E-state index in [4.69, 9.17) is 0 Å². The fourth-order valence-corrected chi connectivity index (χ4v) is 6.60. The third-order valence-corrected chi connectivity index (χ3v) is 8.20. The Morgan fingerprint density at radius 2 is 1.90 bits per heavy atom. The highest BCUT2D eigenvalue weighted by atomic mass is 16.3. The first-order chi connectivity index (χ1) is 14.1. The Labute approximate surface area is 183 Å². The van der Waals surface area contributed by atoms with Crippen molar-refractivity contribution < 1.29 is 15.3 Å². The van der Waals surface area contributed by atoms with E-state index in [0.717, 1.165) is 44.1 Å². The summed E-state index contributed by atoms with van der Waals surface area (Å²) < 4.78 is 0. The van der Waals surface area contributed by atoms with Crippen molar-refractivity contribution >= 4 is 0 Å². The summed E-state index contributed by atoms with van der Waals surface area (Å²) in [6.07, 6.45) is 9.47. The molecule has 0 aromatic heterocycles. The van der Waals surface area contributed by atoms with Gasteiger partial charge in [-0.1, -0.05) is 45.9 Å². The van der Waals surface area contributed by atoms with Crippen LogP contribution < -0.4 is 0 Å². The number of hydrogen-bond donors (Lipinski definition) is 3. The van der Waals surface area contributed by atoms with Crippen molar-refractivity contribution in [3.05, 3.63) is 41.5 Å². The lowest BCUT2D eigenvalue weighted by atomic mass is 9.57. The zero-order valence-corrected chi connectivity index (χ0v) is 19.5. The van der Waals surface area contributed by atoms with Gasteiger partial charge in [-0.15, -0.1) is 0 Å². The second-order valence-electron chi connectivity index (χ2n) is 10.8. The molecule has 2 saturated carbocycles. The summed E-state index contributed by atoms with van der Waals surface area (Å²) in [4.78, 5) is 0. The van der Waals surface area contributed by atoms with Crippen molar-refractivity contribution in [3.8, 4) is 5.75 Å². The average molecular weight is 415 g/mol. The number of phenols is 1. The number of aromatic hydroxyl groups is 1. The maximum atomic E-state index is 11.1. The molecule has 2 aliphatic rings. The van der Waals surface area contributed by atoms with Gasteiger partial charge < -0.3 is 15.3 Å². The van der Waals surface area contributed by atoms with Crippen LogP contribution in [-0.4, -0.2) is 27.5 Å². The summed E-state index contributed by atoms with van der Waals surface area (Å²) in [6, 6.07) is 5.56. The van der Waals surface area contributed by atoms with Crippen molar-refractivity contribution in [3.63, 3.8) is 0 Å². The predicted molar refractivity (Wildman–Crippen MR) is 123 cm³/mol. The van der Waals surface area contributed by atoms with E-state index in [-0.39, 0.29) is 29.5 Å². The van der Waals surface area contributed by atoms with Gasteiger partial charge in [-0.3, -0.25) is 0 Å². The van der Waals surface area contributed by atoms with Gasteiger partial charge >= 0.3 is 0 Å². The van der Waals surface area contributed by atoms with E-state index in [1.807, 2.05) is 12.1 Å². The molecule has 3 N–H and O–H groups in total. The standard InChI is InChI=1S/C27H42O3/c1-17(2)7-6-8-19(4)26-25(30)16-23-22(24(29)13-14-27(23,26)5)12-10-20-15-21(28)11-9-18(20)3/h6,8-9,11,15,17,19,22-26,28-30H,7,10,12-14,16H2,1-5H3/b8-6+/t19-,22+,23+,24-,25+,26+,27+/m1/s1. The normalized spacial score (nSPS) is 35.1. The minimum absolute atomic E-state index is 0.0682. The van der Waals surface area contributed by atoms with Gasteiger partial charge in [0, 0.05) is 0 Å². The van der Waals surface area contributed by atoms with E-state index in [2.05, 4.69) is 46.8 Å². The van der Waals surface area contributed by atoms with E-state index >= 15 is 0 Å². The Bertz CT molecular complexity index is 740. The Kier molecular flexibility index (Phi) is 7.35. The molecule has 0 radical (unpaired) electrons. The second-order valence-corrected chi connectivity index (χ2v) is 10.8. The summed E-state index contributed by atoms with van der Waals surface area (Å²) in [5, 5.41) is 31.9. The van der Waals surface area contributed by atoms with Gasteiger partial charge in [-0.05, 0) is 104 Å². The molecule has 30 heavy (non-hydrogen) atoms. The summed E-state index contributed by atoms with van der Waals surface area (Å²) >= 11 is 0. The SMILES string of the molecule is Cc1ccc(O)cc1CC[C@@H]1[C@H](O)CC[C@]2(C)[C@@H]([C@H](C)/C=C/CC(C)C)[C@@H](O)C[C@@H]12. The first-order valence-corrected chi connectivity index (χ1v) is 11.9. The molecule has 3 heteroatoms. The fourth-order valence-electron chi connectivity index (χ4n) is 6.60. The van der Waals surface area contributed by atoms with Gasteiger partial charge in [-0.2, -0.15) is 0 Å². The van der Waals surface area contributed by atoms with Crippen molar-refractivity contribution in [1.29, 1.82) is 0 Å². The molecule has 0 amide bonds. The van der Waals surface area contributed by atoms with Crippen LogP contribution in [0, 0.1) is 41.9 Å². The minimum atomic E-state index is -0.297. The van der Waals surface area contributed by atoms with Crippen molar-refractivity contribution in [2.45, 2.75) is 85.4 Å². The van der Waals surface area contributed by atoms with E-state index in [1.54, 1.807) is 6.07 Å². The lowest BCUT2D eigenvalue weighted by Gasteiger charge is -2.48. The van der Waals surface area contributed by atoms with Gasteiger partial charge in [-0.25, -0.2) is 0 Å². The van der Waals surface area contributed by atoms with Crippen LogP contribution in [0.3, 0.4) is 0 Å². The Hall–Kier alpha value is -1.32. The summed E-state index contributed by atoms with van der Waals surface area (Å²) in [5.41, 5.74) is 2.42. The Morgan fingerprint density at radius 3 is 2.60 bits per heavy atom. The van der Waals surface area contributed by atoms with Crippen LogP contribution in [0.5, 0.6) is 5.75 Å². The molecule has 0 saturated heterocycles. The monoisotopic (exact) mass is 414 g/mol. The molecule has 2 aliphatic carbocycles. The lowest BCUT2D eigenvalue weighted by Crippen LogP contribution is -2.45. The number of allylic oxidation sites excluding steroid dienone is 2. The molecule has 1 aromatic carbocycles. The first-order valence-electron chi connectivity index (χ1n) is 11.9. The lowest BCUT2D eigenvalue weighted by molar-refractivity contribution is -0.0534. The van der Waals surface area contributed by atoms with Gasteiger partial charge in [0.15, 0.2) is 0 Å². The highest BCUT2D eigenvalue weighted by Gasteiger charge is 2.57. The maximum Gasteiger partial charge on any atom is 0.115 e. The molecule has 0 spiro atoms. The van der Waals surface area contributed by atoms with Crippen molar-refractivity contribution in [2.24, 2.45) is 35.0 Å². The van der Waals surface area contributed by atoms with E-state index in [1.165, 1.54) is 5.56 Å². The molecule has 3 rings (SSSR count). The van der Waals surface area contributed by atoms with Crippen LogP contribution in [0.1, 0.15) is 70.9 Å². The van der Waals surface area contributed by atoms with E-state index < -0.39 is 0 Å². The van der Waals surface area contributed by atoms with Crippen LogP contribution in [0.25, 0.3) is 0 Å². The molecule has 1 aromatic rings. The van der Waals surface area contributed by atoms with Gasteiger partial charge in [0.25, 0.3) is 0 Å². The number of hydrogen-bond acceptors (Lipinski definition) is 3. The van der Waals surface area contributed by atoms with Gasteiger partial charge in [0.1, 0.15) is 5.75 Å². The average Bonchev–Trinajstić information content (AvgIpc) is 2.94. The molecule has 7 atom stereocenters. The number of rotatable bonds is 7. The predicted octanol–water partition coefficient (Wildman–Crippen LogP) is 5.65. The van der Waals surface area contributed by atoms with Crippen LogP contribution in [-0.2, 0) is 6.42 Å². The zero-order valence-electron chi connectivity index (χ0n) is 19.5. The number of phenolic OH excluding ortho intramolecular Hbond substituents is 1. The van der Waals surface area contributed by atoms with E-state index in [9.17, 15) is 15.3 Å². The summed E-state index contributed by atoms with van der Waals surface area (Å²) in [6.45, 7) is 11.2. The number of benzene rings is 1. The molecule has 168 valence electrons. The molecule has 0 heterocycles. The third kappa shape index (κ3) is 4.78. The summed E-state index contributed by atoms with van der Waals surface area (Å²) in [5.74, 6) is 2.11. The Balaban J connectivity index is 1.76. The molecule has 3 nitrogen and oxygen atoms in total. The number of aliphatic hydroxyl groups is 2. The largest absolute Gasteiger partial charge is 0.508 e. The molecular weight excluding hydrogens is 372 g/mol. The van der Waals surface area contributed by atoms with Crippen LogP contribution in [0.15, 0.2) is 30.4 Å². The molecule has 0 unspecified atom stereocenters. The second kappa shape index (κ2) is 9.44. The number of aliphatic hydroxyl groups excluding tert-OH is 2. The van der Waals surface area contributed by atoms with Crippen LogP contribution in [0.4, 0.5) is 0 Å².